The Labute approximate surface area is 91.8 Å². The molecule has 0 saturated carbocycles. The summed E-state index contributed by atoms with van der Waals surface area (Å²) in [4.78, 5) is 4.03. The molecule has 0 aliphatic rings. The van der Waals surface area contributed by atoms with Crippen LogP contribution in [0.3, 0.4) is 0 Å². The van der Waals surface area contributed by atoms with Gasteiger partial charge in [0.15, 0.2) is 0 Å². The Bertz CT molecular complexity index is 629. The lowest BCUT2D eigenvalue weighted by molar-refractivity contribution is 0.597. The largest absolute Gasteiger partial charge is 0.265 e. The molecule has 2 aromatic rings. The van der Waals surface area contributed by atoms with Crippen molar-refractivity contribution < 1.29 is 8.42 Å². The summed E-state index contributed by atoms with van der Waals surface area (Å²) in [5, 5.41) is 5.03. The number of benzene rings is 1. The molecular weight excluding hydrogens is 232 g/mol. The third-order valence-electron chi connectivity index (χ3n) is 2.05. The van der Waals surface area contributed by atoms with Crippen LogP contribution in [0.2, 0.25) is 0 Å². The Morgan fingerprint density at radius 3 is 2.60 bits per heavy atom. The van der Waals surface area contributed by atoms with Crippen molar-refractivity contribution in [1.82, 2.24) is 4.98 Å². The molecule has 4 nitrogen and oxygen atoms in total. The summed E-state index contributed by atoms with van der Waals surface area (Å²) in [5.41, 5.74) is 2.77. The van der Waals surface area contributed by atoms with Gasteiger partial charge in [-0.2, -0.15) is 0 Å². The van der Waals surface area contributed by atoms with E-state index in [1.54, 1.807) is 0 Å². The van der Waals surface area contributed by atoms with Gasteiger partial charge in [0.1, 0.15) is 0 Å². The Kier molecular flexibility index (Phi) is 2.29. The molecule has 1 heterocycles. The lowest BCUT2D eigenvalue weighted by Crippen LogP contribution is -2.11. The molecule has 6 heteroatoms. The minimum atomic E-state index is -3.69. The van der Waals surface area contributed by atoms with E-state index in [-0.39, 0.29) is 4.34 Å². The molecule has 1 aromatic carbocycles. The maximum absolute atomic E-state index is 11.1. The predicted octanol–water partition coefficient (Wildman–Crippen LogP) is 1.56. The van der Waals surface area contributed by atoms with Gasteiger partial charge in [-0.3, -0.25) is 0 Å². The van der Waals surface area contributed by atoms with Gasteiger partial charge < -0.3 is 0 Å². The first-order valence-electron chi connectivity index (χ1n) is 4.28. The van der Waals surface area contributed by atoms with Crippen LogP contribution in [0.5, 0.6) is 0 Å². The lowest BCUT2D eigenvalue weighted by Gasteiger charge is -1.95. The first kappa shape index (κ1) is 10.5. The van der Waals surface area contributed by atoms with Crippen molar-refractivity contribution in [2.24, 2.45) is 5.14 Å². The second kappa shape index (κ2) is 3.26. The van der Waals surface area contributed by atoms with Crippen molar-refractivity contribution in [3.05, 3.63) is 23.3 Å². The average Bonchev–Trinajstić information content (AvgIpc) is 2.46. The zero-order valence-corrected chi connectivity index (χ0v) is 9.95. The third kappa shape index (κ3) is 1.88. The Morgan fingerprint density at radius 2 is 2.00 bits per heavy atom. The van der Waals surface area contributed by atoms with Gasteiger partial charge in [-0.1, -0.05) is 6.07 Å². The van der Waals surface area contributed by atoms with Gasteiger partial charge in [-0.05, 0) is 31.0 Å². The van der Waals surface area contributed by atoms with Crippen LogP contribution in [0.25, 0.3) is 10.2 Å². The standard InChI is InChI=1S/C9H10N2O2S2/c1-5-3-6(2)8-7(4-5)14-9(11-8)15(10,12)13/h3-4H,1-2H3,(H2,10,12,13). The van der Waals surface area contributed by atoms with E-state index in [1.165, 1.54) is 0 Å². The zero-order valence-electron chi connectivity index (χ0n) is 8.31. The molecule has 1 aromatic heterocycles. The molecule has 0 spiro atoms. The fraction of sp³-hybridized carbons (Fsp3) is 0.222. The predicted molar refractivity (Wildman–Crippen MR) is 60.5 cm³/mol. The molecule has 0 unspecified atom stereocenters. The number of hydrogen-bond donors (Lipinski definition) is 1. The fourth-order valence-electron chi connectivity index (χ4n) is 1.47. The molecule has 0 radical (unpaired) electrons. The number of aromatic nitrogens is 1. The van der Waals surface area contributed by atoms with E-state index >= 15 is 0 Å². The molecule has 0 saturated heterocycles. The molecular formula is C9H10N2O2S2. The van der Waals surface area contributed by atoms with Crippen molar-refractivity contribution in [3.8, 4) is 0 Å². The van der Waals surface area contributed by atoms with Gasteiger partial charge in [-0.15, -0.1) is 11.3 Å². The van der Waals surface area contributed by atoms with E-state index in [9.17, 15) is 8.42 Å². The molecule has 0 fully saturated rings. The highest BCUT2D eigenvalue weighted by molar-refractivity contribution is 7.91. The van der Waals surface area contributed by atoms with Crippen molar-refractivity contribution >= 4 is 31.6 Å². The first-order valence-corrected chi connectivity index (χ1v) is 6.65. The van der Waals surface area contributed by atoms with Crippen LogP contribution in [-0.2, 0) is 10.0 Å². The highest BCUT2D eigenvalue weighted by Gasteiger charge is 2.15. The minimum Gasteiger partial charge on any atom is -0.224 e. The SMILES string of the molecule is Cc1cc(C)c2nc(S(N)(=O)=O)sc2c1. The molecule has 0 atom stereocenters. The number of hydrogen-bond acceptors (Lipinski definition) is 4. The number of nitrogens with zero attached hydrogens (tertiary/aromatic N) is 1. The number of thiazole rings is 1. The average molecular weight is 242 g/mol. The van der Waals surface area contributed by atoms with Crippen LogP contribution < -0.4 is 5.14 Å². The van der Waals surface area contributed by atoms with Crippen LogP contribution in [0.1, 0.15) is 11.1 Å². The van der Waals surface area contributed by atoms with Crippen LogP contribution in [0.15, 0.2) is 16.5 Å². The van der Waals surface area contributed by atoms with Crippen LogP contribution in [0, 0.1) is 13.8 Å². The third-order valence-corrected chi connectivity index (χ3v) is 4.38. The highest BCUT2D eigenvalue weighted by atomic mass is 32.2. The number of sulfonamides is 1. The Balaban J connectivity index is 2.82. The highest BCUT2D eigenvalue weighted by Crippen LogP contribution is 2.27. The summed E-state index contributed by atoms with van der Waals surface area (Å²) in [6.07, 6.45) is 0. The van der Waals surface area contributed by atoms with Gasteiger partial charge in [0.25, 0.3) is 10.0 Å². The normalized spacial score (nSPS) is 12.2. The Morgan fingerprint density at radius 1 is 1.33 bits per heavy atom. The van der Waals surface area contributed by atoms with E-state index < -0.39 is 10.0 Å². The Hall–Kier alpha value is -0.980. The summed E-state index contributed by atoms with van der Waals surface area (Å²) in [7, 11) is -3.69. The lowest BCUT2D eigenvalue weighted by atomic mass is 10.1. The zero-order chi connectivity index (χ0) is 11.2. The van der Waals surface area contributed by atoms with Gasteiger partial charge in [-0.25, -0.2) is 18.5 Å². The van der Waals surface area contributed by atoms with E-state index in [1.807, 2.05) is 26.0 Å². The second-order valence-electron chi connectivity index (χ2n) is 3.45. The molecule has 80 valence electrons. The number of rotatable bonds is 1. The van der Waals surface area contributed by atoms with Gasteiger partial charge in [0, 0.05) is 0 Å². The first-order chi connectivity index (χ1) is 6.88. The maximum Gasteiger partial charge on any atom is 0.265 e. The number of aryl methyl sites for hydroxylation is 2. The molecule has 2 N–H and O–H groups in total. The van der Waals surface area contributed by atoms with Crippen molar-refractivity contribution in [2.75, 3.05) is 0 Å². The molecule has 0 bridgehead atoms. The summed E-state index contributed by atoms with van der Waals surface area (Å²) >= 11 is 1.11. The molecule has 0 aliphatic heterocycles. The smallest absolute Gasteiger partial charge is 0.224 e. The van der Waals surface area contributed by atoms with Gasteiger partial charge in [0.05, 0.1) is 10.2 Å². The summed E-state index contributed by atoms with van der Waals surface area (Å²) in [6.45, 7) is 3.87. The van der Waals surface area contributed by atoms with E-state index in [4.69, 9.17) is 5.14 Å². The van der Waals surface area contributed by atoms with E-state index in [0.29, 0.717) is 0 Å². The van der Waals surface area contributed by atoms with Crippen LogP contribution in [0.4, 0.5) is 0 Å². The van der Waals surface area contributed by atoms with Crippen LogP contribution in [-0.4, -0.2) is 13.4 Å². The maximum atomic E-state index is 11.1. The van der Waals surface area contributed by atoms with Crippen molar-refractivity contribution in [1.29, 1.82) is 0 Å². The van der Waals surface area contributed by atoms with Gasteiger partial charge in [0.2, 0.25) is 4.34 Å². The quantitative estimate of drug-likeness (QED) is 0.824. The van der Waals surface area contributed by atoms with E-state index in [2.05, 4.69) is 4.98 Å². The fourth-order valence-corrected chi connectivity index (χ4v) is 3.30. The topological polar surface area (TPSA) is 73.0 Å². The molecule has 15 heavy (non-hydrogen) atoms. The molecule has 2 rings (SSSR count). The minimum absolute atomic E-state index is 0.0220. The van der Waals surface area contributed by atoms with Crippen LogP contribution >= 0.6 is 11.3 Å². The number of primary sulfonamides is 1. The van der Waals surface area contributed by atoms with E-state index in [0.717, 1.165) is 32.7 Å². The molecule has 0 amide bonds. The monoisotopic (exact) mass is 242 g/mol. The molecule has 0 aliphatic carbocycles. The summed E-state index contributed by atoms with van der Waals surface area (Å²) < 4.78 is 23.1. The summed E-state index contributed by atoms with van der Waals surface area (Å²) in [5.74, 6) is 0. The second-order valence-corrected chi connectivity index (χ2v) is 6.22. The van der Waals surface area contributed by atoms with Crippen molar-refractivity contribution in [3.63, 3.8) is 0 Å². The summed E-state index contributed by atoms with van der Waals surface area (Å²) in [6, 6.07) is 3.88. The van der Waals surface area contributed by atoms with Gasteiger partial charge >= 0.3 is 0 Å². The van der Waals surface area contributed by atoms with Crippen molar-refractivity contribution in [2.45, 2.75) is 18.2 Å². The number of nitrogens with two attached hydrogens (primary N) is 1. The number of fused-ring (bicyclic) bond motifs is 1.